The molecule has 1 aliphatic rings. The van der Waals surface area contributed by atoms with Crippen LogP contribution in [0.5, 0.6) is 0 Å². The van der Waals surface area contributed by atoms with Crippen LogP contribution in [-0.4, -0.2) is 31.1 Å². The van der Waals surface area contributed by atoms with Crippen molar-refractivity contribution in [2.45, 2.75) is 39.2 Å². The third-order valence-corrected chi connectivity index (χ3v) is 3.35. The molecule has 0 aromatic rings. The van der Waals surface area contributed by atoms with Crippen molar-refractivity contribution in [2.75, 3.05) is 20.1 Å². The van der Waals surface area contributed by atoms with Crippen molar-refractivity contribution in [2.24, 2.45) is 17.6 Å². The van der Waals surface area contributed by atoms with Crippen molar-refractivity contribution >= 4 is 0 Å². The van der Waals surface area contributed by atoms with Gasteiger partial charge in [0.15, 0.2) is 0 Å². The molecular formula is C11H24N2. The van der Waals surface area contributed by atoms with E-state index < -0.39 is 0 Å². The van der Waals surface area contributed by atoms with Crippen LogP contribution in [0.25, 0.3) is 0 Å². The number of rotatable bonds is 5. The molecule has 0 saturated heterocycles. The highest BCUT2D eigenvalue weighted by atomic mass is 15.1. The van der Waals surface area contributed by atoms with E-state index in [1.807, 2.05) is 0 Å². The average molecular weight is 184 g/mol. The van der Waals surface area contributed by atoms with E-state index in [0.29, 0.717) is 12.0 Å². The smallest absolute Gasteiger partial charge is 0.0238 e. The zero-order chi connectivity index (χ0) is 9.84. The summed E-state index contributed by atoms with van der Waals surface area (Å²) < 4.78 is 0. The van der Waals surface area contributed by atoms with Crippen LogP contribution in [-0.2, 0) is 0 Å². The third kappa shape index (κ3) is 2.96. The van der Waals surface area contributed by atoms with Crippen molar-refractivity contribution in [1.82, 2.24) is 4.90 Å². The molecule has 78 valence electrons. The monoisotopic (exact) mass is 184 g/mol. The minimum atomic E-state index is 0.570. The van der Waals surface area contributed by atoms with Gasteiger partial charge in [0.2, 0.25) is 0 Å². The highest BCUT2D eigenvalue weighted by Gasteiger charge is 2.23. The SMILES string of the molecule is CC(C)C(CN)N(C)CC1CCC1. The molecule has 2 nitrogen and oxygen atoms in total. The summed E-state index contributed by atoms with van der Waals surface area (Å²) in [6, 6.07) is 0.570. The summed E-state index contributed by atoms with van der Waals surface area (Å²) in [5.41, 5.74) is 5.77. The molecule has 0 radical (unpaired) electrons. The molecule has 1 rings (SSSR count). The Morgan fingerprint density at radius 1 is 1.38 bits per heavy atom. The highest BCUT2D eigenvalue weighted by Crippen LogP contribution is 2.27. The van der Waals surface area contributed by atoms with Crippen LogP contribution in [0.2, 0.25) is 0 Å². The van der Waals surface area contributed by atoms with E-state index in [4.69, 9.17) is 5.73 Å². The average Bonchev–Trinajstić information content (AvgIpc) is 1.97. The molecule has 0 amide bonds. The Balaban J connectivity index is 2.29. The van der Waals surface area contributed by atoms with Gasteiger partial charge in [-0.2, -0.15) is 0 Å². The summed E-state index contributed by atoms with van der Waals surface area (Å²) in [6.45, 7) is 6.56. The molecule has 0 aromatic carbocycles. The molecule has 0 spiro atoms. The van der Waals surface area contributed by atoms with Crippen molar-refractivity contribution < 1.29 is 0 Å². The zero-order valence-corrected chi connectivity index (χ0v) is 9.29. The summed E-state index contributed by atoms with van der Waals surface area (Å²) in [7, 11) is 2.22. The van der Waals surface area contributed by atoms with Gasteiger partial charge in [0.05, 0.1) is 0 Å². The number of nitrogens with zero attached hydrogens (tertiary/aromatic N) is 1. The fourth-order valence-electron chi connectivity index (χ4n) is 2.18. The summed E-state index contributed by atoms with van der Waals surface area (Å²) in [5, 5.41) is 0. The minimum absolute atomic E-state index is 0.570. The Hall–Kier alpha value is -0.0800. The lowest BCUT2D eigenvalue weighted by Gasteiger charge is -2.36. The van der Waals surface area contributed by atoms with Crippen LogP contribution in [0.3, 0.4) is 0 Å². The van der Waals surface area contributed by atoms with Crippen molar-refractivity contribution in [3.63, 3.8) is 0 Å². The van der Waals surface area contributed by atoms with Gasteiger partial charge in [-0.05, 0) is 31.7 Å². The van der Waals surface area contributed by atoms with Crippen LogP contribution in [0, 0.1) is 11.8 Å². The summed E-state index contributed by atoms with van der Waals surface area (Å²) in [5.74, 6) is 1.63. The summed E-state index contributed by atoms with van der Waals surface area (Å²) in [4.78, 5) is 2.45. The predicted molar refractivity (Wildman–Crippen MR) is 57.7 cm³/mol. The van der Waals surface area contributed by atoms with Crippen molar-refractivity contribution in [3.8, 4) is 0 Å². The lowest BCUT2D eigenvalue weighted by atomic mass is 9.84. The summed E-state index contributed by atoms with van der Waals surface area (Å²) in [6.07, 6.45) is 4.30. The van der Waals surface area contributed by atoms with Gasteiger partial charge < -0.3 is 10.6 Å². The van der Waals surface area contributed by atoms with Gasteiger partial charge in [-0.15, -0.1) is 0 Å². The molecule has 0 aliphatic heterocycles. The standard InChI is InChI=1S/C11H24N2/c1-9(2)11(7-12)13(3)8-10-5-4-6-10/h9-11H,4-8,12H2,1-3H3. The third-order valence-electron chi connectivity index (χ3n) is 3.35. The van der Waals surface area contributed by atoms with Crippen LogP contribution in [0.1, 0.15) is 33.1 Å². The quantitative estimate of drug-likeness (QED) is 0.704. The predicted octanol–water partition coefficient (Wildman–Crippen LogP) is 1.70. The Bertz CT molecular complexity index is 141. The number of likely N-dealkylation sites (N-methyl/N-ethyl adjacent to an activating group) is 1. The van der Waals surface area contributed by atoms with Crippen molar-refractivity contribution in [1.29, 1.82) is 0 Å². The van der Waals surface area contributed by atoms with E-state index in [-0.39, 0.29) is 0 Å². The first-order valence-corrected chi connectivity index (χ1v) is 5.55. The van der Waals surface area contributed by atoms with Crippen LogP contribution < -0.4 is 5.73 Å². The van der Waals surface area contributed by atoms with Crippen molar-refractivity contribution in [3.05, 3.63) is 0 Å². The Kier molecular flexibility index (Phi) is 4.20. The van der Waals surface area contributed by atoms with Gasteiger partial charge in [-0.25, -0.2) is 0 Å². The van der Waals surface area contributed by atoms with Crippen LogP contribution in [0.4, 0.5) is 0 Å². The van der Waals surface area contributed by atoms with Gasteiger partial charge in [0.25, 0.3) is 0 Å². The molecule has 0 bridgehead atoms. The first-order chi connectivity index (χ1) is 6.15. The molecule has 1 saturated carbocycles. The highest BCUT2D eigenvalue weighted by molar-refractivity contribution is 4.78. The molecule has 13 heavy (non-hydrogen) atoms. The number of hydrogen-bond donors (Lipinski definition) is 1. The number of nitrogens with two attached hydrogens (primary N) is 1. The molecule has 1 aliphatic carbocycles. The topological polar surface area (TPSA) is 29.3 Å². The van der Waals surface area contributed by atoms with E-state index in [1.165, 1.54) is 25.8 Å². The maximum atomic E-state index is 5.77. The second kappa shape index (κ2) is 4.97. The van der Waals surface area contributed by atoms with Crippen LogP contribution >= 0.6 is 0 Å². The van der Waals surface area contributed by atoms with Gasteiger partial charge in [-0.3, -0.25) is 0 Å². The minimum Gasteiger partial charge on any atom is -0.329 e. The second-order valence-electron chi connectivity index (χ2n) is 4.78. The van der Waals surface area contributed by atoms with E-state index in [9.17, 15) is 0 Å². The Morgan fingerprint density at radius 2 is 2.00 bits per heavy atom. The lowest BCUT2D eigenvalue weighted by molar-refractivity contribution is 0.138. The molecule has 0 heterocycles. The second-order valence-corrected chi connectivity index (χ2v) is 4.78. The van der Waals surface area contributed by atoms with E-state index in [0.717, 1.165) is 12.5 Å². The lowest BCUT2D eigenvalue weighted by Crippen LogP contribution is -2.44. The first kappa shape index (κ1) is 11.0. The molecule has 2 N–H and O–H groups in total. The maximum absolute atomic E-state index is 5.77. The molecule has 1 fully saturated rings. The van der Waals surface area contributed by atoms with Gasteiger partial charge in [0, 0.05) is 19.1 Å². The fraction of sp³-hybridized carbons (Fsp3) is 1.00. The van der Waals surface area contributed by atoms with E-state index >= 15 is 0 Å². The Labute approximate surface area is 82.5 Å². The molecule has 1 unspecified atom stereocenters. The number of hydrogen-bond acceptors (Lipinski definition) is 2. The molecule has 1 atom stereocenters. The largest absolute Gasteiger partial charge is 0.329 e. The fourth-order valence-corrected chi connectivity index (χ4v) is 2.18. The molecular weight excluding hydrogens is 160 g/mol. The van der Waals surface area contributed by atoms with E-state index in [1.54, 1.807) is 0 Å². The van der Waals surface area contributed by atoms with Gasteiger partial charge in [0.1, 0.15) is 0 Å². The maximum Gasteiger partial charge on any atom is 0.0238 e. The molecule has 0 aromatic heterocycles. The summed E-state index contributed by atoms with van der Waals surface area (Å²) >= 11 is 0. The normalized spacial score (nSPS) is 20.8. The zero-order valence-electron chi connectivity index (χ0n) is 9.29. The first-order valence-electron chi connectivity index (χ1n) is 5.55. The molecule has 2 heteroatoms. The van der Waals surface area contributed by atoms with E-state index in [2.05, 4.69) is 25.8 Å². The van der Waals surface area contributed by atoms with Gasteiger partial charge in [-0.1, -0.05) is 20.3 Å². The van der Waals surface area contributed by atoms with Crippen LogP contribution in [0.15, 0.2) is 0 Å². The van der Waals surface area contributed by atoms with Gasteiger partial charge >= 0.3 is 0 Å². The Morgan fingerprint density at radius 3 is 2.31 bits per heavy atom.